The molecule has 0 unspecified atom stereocenters. The summed E-state index contributed by atoms with van der Waals surface area (Å²) in [5.41, 5.74) is 0.0201. The van der Waals surface area contributed by atoms with Crippen LogP contribution in [0.5, 0.6) is 5.75 Å². The highest BCUT2D eigenvalue weighted by molar-refractivity contribution is 5.79. The maximum atomic E-state index is 13.4. The average molecular weight is 332 g/mol. The van der Waals surface area contributed by atoms with Gasteiger partial charge in [-0.1, -0.05) is 18.2 Å². The molecule has 0 atom stereocenters. The second-order valence-electron chi connectivity index (χ2n) is 4.76. The van der Waals surface area contributed by atoms with Gasteiger partial charge in [-0.05, 0) is 18.2 Å². The fourth-order valence-corrected chi connectivity index (χ4v) is 1.90. The first-order chi connectivity index (χ1) is 11.5. The van der Waals surface area contributed by atoms with Crippen molar-refractivity contribution in [3.05, 3.63) is 69.5 Å². The maximum absolute atomic E-state index is 13.4. The number of nitro benzene ring substituents is 1. The molecule has 1 amide bonds. The normalized spacial score (nSPS) is 10.0. The molecule has 7 nitrogen and oxygen atoms in total. The van der Waals surface area contributed by atoms with E-state index in [2.05, 4.69) is 5.32 Å². The lowest BCUT2D eigenvalue weighted by atomic mass is 10.2. The third kappa shape index (κ3) is 4.35. The van der Waals surface area contributed by atoms with Crippen LogP contribution in [0.4, 0.5) is 10.1 Å². The molecule has 0 saturated carbocycles. The zero-order valence-electron chi connectivity index (χ0n) is 12.4. The number of ether oxygens (including phenoxy) is 1. The van der Waals surface area contributed by atoms with Gasteiger partial charge in [0.2, 0.25) is 0 Å². The molecule has 0 aliphatic rings. The van der Waals surface area contributed by atoms with Crippen LogP contribution in [-0.4, -0.2) is 23.7 Å². The molecule has 0 radical (unpaired) electrons. The molecule has 1 N–H and O–H groups in total. The smallest absolute Gasteiger partial charge is 0.311 e. The molecule has 0 fully saturated rings. The van der Waals surface area contributed by atoms with Crippen LogP contribution in [0.15, 0.2) is 42.5 Å². The summed E-state index contributed by atoms with van der Waals surface area (Å²) in [6, 6.07) is 9.61. The summed E-state index contributed by atoms with van der Waals surface area (Å²) in [5, 5.41) is 13.4. The van der Waals surface area contributed by atoms with E-state index in [1.807, 2.05) is 0 Å². The summed E-state index contributed by atoms with van der Waals surface area (Å²) in [7, 11) is 0. The molecule has 0 aliphatic heterocycles. The Morgan fingerprint density at radius 1 is 1.29 bits per heavy atom. The fourth-order valence-electron chi connectivity index (χ4n) is 1.90. The number of halogens is 1. The van der Waals surface area contributed by atoms with Crippen molar-refractivity contribution in [2.24, 2.45) is 0 Å². The van der Waals surface area contributed by atoms with Crippen LogP contribution < -0.4 is 10.1 Å². The molecule has 2 rings (SSSR count). The fraction of sp³-hybridized carbons (Fsp3) is 0.125. The minimum atomic E-state index is -0.709. The van der Waals surface area contributed by atoms with E-state index in [1.54, 1.807) is 6.07 Å². The lowest BCUT2D eigenvalue weighted by molar-refractivity contribution is -0.385. The van der Waals surface area contributed by atoms with Crippen molar-refractivity contribution >= 4 is 17.9 Å². The number of hydrogen-bond donors (Lipinski definition) is 1. The van der Waals surface area contributed by atoms with Gasteiger partial charge in [-0.3, -0.25) is 19.7 Å². The summed E-state index contributed by atoms with van der Waals surface area (Å²) in [4.78, 5) is 32.6. The topological polar surface area (TPSA) is 98.5 Å². The van der Waals surface area contributed by atoms with Crippen molar-refractivity contribution < 1.29 is 23.6 Å². The minimum Gasteiger partial charge on any atom is -0.477 e. The van der Waals surface area contributed by atoms with Gasteiger partial charge < -0.3 is 10.1 Å². The Morgan fingerprint density at radius 3 is 2.71 bits per heavy atom. The highest BCUT2D eigenvalue weighted by Crippen LogP contribution is 2.27. The van der Waals surface area contributed by atoms with Crippen molar-refractivity contribution in [2.75, 3.05) is 6.61 Å². The second-order valence-corrected chi connectivity index (χ2v) is 4.76. The van der Waals surface area contributed by atoms with E-state index < -0.39 is 28.9 Å². The van der Waals surface area contributed by atoms with Crippen LogP contribution in [0.25, 0.3) is 0 Å². The van der Waals surface area contributed by atoms with Gasteiger partial charge in [-0.15, -0.1) is 0 Å². The van der Waals surface area contributed by atoms with Crippen LogP contribution in [0.3, 0.4) is 0 Å². The molecule has 0 aliphatic carbocycles. The van der Waals surface area contributed by atoms with Crippen molar-refractivity contribution in [3.8, 4) is 5.75 Å². The van der Waals surface area contributed by atoms with Gasteiger partial charge >= 0.3 is 5.69 Å². The number of benzene rings is 2. The number of aldehydes is 1. The maximum Gasteiger partial charge on any atom is 0.311 e. The highest BCUT2D eigenvalue weighted by Gasteiger charge is 2.17. The first-order valence-corrected chi connectivity index (χ1v) is 6.88. The van der Waals surface area contributed by atoms with Gasteiger partial charge in [0.15, 0.2) is 12.4 Å². The molecule has 0 bridgehead atoms. The molecule has 2 aromatic carbocycles. The summed E-state index contributed by atoms with van der Waals surface area (Å²) >= 11 is 0. The molecule has 0 spiro atoms. The molecular weight excluding hydrogens is 319 g/mol. The summed E-state index contributed by atoms with van der Waals surface area (Å²) < 4.78 is 18.5. The Labute approximate surface area is 136 Å². The van der Waals surface area contributed by atoms with E-state index in [4.69, 9.17) is 4.74 Å². The summed E-state index contributed by atoms with van der Waals surface area (Å²) in [6.45, 7) is -0.503. The van der Waals surface area contributed by atoms with Crippen LogP contribution in [0.2, 0.25) is 0 Å². The lowest BCUT2D eigenvalue weighted by Crippen LogP contribution is -2.28. The van der Waals surface area contributed by atoms with Crippen molar-refractivity contribution in [2.45, 2.75) is 6.54 Å². The first kappa shape index (κ1) is 17.1. The molecular formula is C16H13FN2O5. The van der Waals surface area contributed by atoms with Crippen molar-refractivity contribution in [3.63, 3.8) is 0 Å². The van der Waals surface area contributed by atoms with E-state index in [9.17, 15) is 24.1 Å². The van der Waals surface area contributed by atoms with Gasteiger partial charge in [0.05, 0.1) is 4.92 Å². The molecule has 8 heteroatoms. The number of rotatable bonds is 7. The minimum absolute atomic E-state index is 0.0267. The predicted molar refractivity (Wildman–Crippen MR) is 82.2 cm³/mol. The van der Waals surface area contributed by atoms with Gasteiger partial charge in [0.1, 0.15) is 12.1 Å². The van der Waals surface area contributed by atoms with Gasteiger partial charge in [0, 0.05) is 23.7 Å². The number of carbonyl (C=O) groups excluding carboxylic acids is 2. The first-order valence-electron chi connectivity index (χ1n) is 6.88. The number of nitrogens with zero attached hydrogens (tertiary/aromatic N) is 1. The summed E-state index contributed by atoms with van der Waals surface area (Å²) in [6.07, 6.45) is 0.470. The highest BCUT2D eigenvalue weighted by atomic mass is 19.1. The molecule has 0 saturated heterocycles. The third-order valence-corrected chi connectivity index (χ3v) is 3.11. The molecule has 0 aromatic heterocycles. The van der Waals surface area contributed by atoms with E-state index in [1.165, 1.54) is 30.3 Å². The molecule has 0 heterocycles. The Kier molecular flexibility index (Phi) is 5.56. The van der Waals surface area contributed by atoms with Gasteiger partial charge in [-0.25, -0.2) is 4.39 Å². The SMILES string of the molecule is O=Cc1ccc(OCC(=O)NCc2ccccc2F)c([N+](=O)[O-])c1. The van der Waals surface area contributed by atoms with Crippen LogP contribution in [0.1, 0.15) is 15.9 Å². The van der Waals surface area contributed by atoms with E-state index >= 15 is 0 Å². The van der Waals surface area contributed by atoms with E-state index in [0.29, 0.717) is 11.8 Å². The second kappa shape index (κ2) is 7.82. The molecule has 124 valence electrons. The zero-order valence-corrected chi connectivity index (χ0v) is 12.4. The van der Waals surface area contributed by atoms with E-state index in [-0.39, 0.29) is 17.9 Å². The number of nitro groups is 1. The number of carbonyl (C=O) groups is 2. The molecule has 2 aromatic rings. The molecule has 24 heavy (non-hydrogen) atoms. The zero-order chi connectivity index (χ0) is 17.5. The Bertz CT molecular complexity index is 779. The van der Waals surface area contributed by atoms with Gasteiger partial charge in [-0.2, -0.15) is 0 Å². The monoisotopic (exact) mass is 332 g/mol. The van der Waals surface area contributed by atoms with Gasteiger partial charge in [0.25, 0.3) is 5.91 Å². The Morgan fingerprint density at radius 2 is 2.04 bits per heavy atom. The number of hydrogen-bond acceptors (Lipinski definition) is 5. The van der Waals surface area contributed by atoms with Crippen LogP contribution >= 0.6 is 0 Å². The Balaban J connectivity index is 1.95. The Hall–Kier alpha value is -3.29. The number of amides is 1. The van der Waals surface area contributed by atoms with Crippen LogP contribution in [-0.2, 0) is 11.3 Å². The largest absolute Gasteiger partial charge is 0.477 e. The van der Waals surface area contributed by atoms with Crippen molar-refractivity contribution in [1.29, 1.82) is 0 Å². The summed E-state index contributed by atoms with van der Waals surface area (Å²) in [5.74, 6) is -1.14. The van der Waals surface area contributed by atoms with E-state index in [0.717, 1.165) is 6.07 Å². The van der Waals surface area contributed by atoms with Crippen molar-refractivity contribution in [1.82, 2.24) is 5.32 Å². The predicted octanol–water partition coefficient (Wildman–Crippen LogP) is 2.24. The third-order valence-electron chi connectivity index (χ3n) is 3.11. The van der Waals surface area contributed by atoms with Crippen LogP contribution in [0, 0.1) is 15.9 Å². The average Bonchev–Trinajstić information content (AvgIpc) is 2.59. The quantitative estimate of drug-likeness (QED) is 0.476. The number of nitrogens with one attached hydrogen (secondary N) is 1. The standard InChI is InChI=1S/C16H13FN2O5/c17-13-4-2-1-3-12(13)8-18-16(21)10-24-15-6-5-11(9-20)7-14(15)19(22)23/h1-7,9H,8,10H2,(H,18,21). The lowest BCUT2D eigenvalue weighted by Gasteiger charge is -2.08.